The molecule has 84 valence electrons. The van der Waals surface area contributed by atoms with E-state index in [0.717, 1.165) is 23.7 Å². The van der Waals surface area contributed by atoms with Crippen molar-refractivity contribution in [2.75, 3.05) is 0 Å². The molecular formula is C15H24. The zero-order valence-electron chi connectivity index (χ0n) is 10.4. The molecule has 0 N–H and O–H groups in total. The van der Waals surface area contributed by atoms with Crippen LogP contribution in [0.3, 0.4) is 0 Å². The lowest BCUT2D eigenvalue weighted by molar-refractivity contribution is 0.146. The van der Waals surface area contributed by atoms with Gasteiger partial charge in [-0.05, 0) is 56.3 Å². The number of allylic oxidation sites excluding steroid dienone is 3. The van der Waals surface area contributed by atoms with Crippen molar-refractivity contribution in [3.05, 3.63) is 23.8 Å². The van der Waals surface area contributed by atoms with Crippen molar-refractivity contribution in [1.82, 2.24) is 0 Å². The Morgan fingerprint density at radius 2 is 2.13 bits per heavy atom. The monoisotopic (exact) mass is 204 g/mol. The van der Waals surface area contributed by atoms with Gasteiger partial charge in [-0.25, -0.2) is 0 Å². The van der Waals surface area contributed by atoms with Crippen LogP contribution in [0.25, 0.3) is 0 Å². The fourth-order valence-corrected chi connectivity index (χ4v) is 3.60. The molecule has 3 atom stereocenters. The minimum atomic E-state index is 0.801. The van der Waals surface area contributed by atoms with E-state index in [2.05, 4.69) is 33.4 Å². The lowest BCUT2D eigenvalue weighted by atomic mass is 9.61. The van der Waals surface area contributed by atoms with E-state index in [1.807, 2.05) is 0 Å². The van der Waals surface area contributed by atoms with Crippen molar-refractivity contribution >= 4 is 0 Å². The maximum atomic E-state index is 4.29. The molecule has 0 spiro atoms. The van der Waals surface area contributed by atoms with Gasteiger partial charge in [0.1, 0.15) is 0 Å². The van der Waals surface area contributed by atoms with Crippen LogP contribution in [-0.2, 0) is 0 Å². The molecule has 0 aromatic rings. The fraction of sp³-hybridized carbons (Fsp3) is 0.733. The zero-order valence-corrected chi connectivity index (χ0v) is 10.4. The van der Waals surface area contributed by atoms with E-state index in [1.54, 1.807) is 5.57 Å². The van der Waals surface area contributed by atoms with Crippen molar-refractivity contribution in [1.29, 1.82) is 0 Å². The molecule has 15 heavy (non-hydrogen) atoms. The molecule has 2 rings (SSSR count). The highest BCUT2D eigenvalue weighted by atomic mass is 14.4. The van der Waals surface area contributed by atoms with Crippen LogP contribution in [0, 0.1) is 23.7 Å². The van der Waals surface area contributed by atoms with Crippen molar-refractivity contribution in [3.63, 3.8) is 0 Å². The number of fused-ring (bicyclic) bond motifs is 1. The van der Waals surface area contributed by atoms with Crippen LogP contribution in [0.15, 0.2) is 23.8 Å². The first-order valence-electron chi connectivity index (χ1n) is 6.43. The molecular weight excluding hydrogens is 180 g/mol. The molecule has 0 nitrogen and oxygen atoms in total. The third kappa shape index (κ3) is 2.04. The number of hydrogen-bond donors (Lipinski definition) is 0. The van der Waals surface area contributed by atoms with E-state index < -0.39 is 0 Å². The Morgan fingerprint density at radius 1 is 1.40 bits per heavy atom. The van der Waals surface area contributed by atoms with Crippen molar-refractivity contribution in [3.8, 4) is 0 Å². The van der Waals surface area contributed by atoms with Crippen LogP contribution in [0.1, 0.15) is 46.5 Å². The average molecular weight is 204 g/mol. The molecule has 0 heteroatoms. The van der Waals surface area contributed by atoms with Gasteiger partial charge >= 0.3 is 0 Å². The predicted molar refractivity (Wildman–Crippen MR) is 66.7 cm³/mol. The quantitative estimate of drug-likeness (QED) is 0.548. The number of hydrogen-bond acceptors (Lipinski definition) is 0. The highest BCUT2D eigenvalue weighted by Crippen LogP contribution is 2.47. The van der Waals surface area contributed by atoms with Crippen LogP contribution in [0.4, 0.5) is 0 Å². The second-order valence-electron chi connectivity index (χ2n) is 5.87. The summed E-state index contributed by atoms with van der Waals surface area (Å²) in [5.41, 5.74) is 3.14. The van der Waals surface area contributed by atoms with Gasteiger partial charge in [-0.3, -0.25) is 0 Å². The zero-order chi connectivity index (χ0) is 11.0. The van der Waals surface area contributed by atoms with Crippen LogP contribution in [0.2, 0.25) is 0 Å². The van der Waals surface area contributed by atoms with E-state index >= 15 is 0 Å². The van der Waals surface area contributed by atoms with Crippen LogP contribution in [-0.4, -0.2) is 0 Å². The fourth-order valence-electron chi connectivity index (χ4n) is 3.60. The minimum absolute atomic E-state index is 0.801. The van der Waals surface area contributed by atoms with Crippen LogP contribution in [0.5, 0.6) is 0 Å². The molecule has 0 aromatic heterocycles. The molecule has 2 aliphatic carbocycles. The molecule has 1 fully saturated rings. The smallest absolute Gasteiger partial charge is 0.0137 e. The molecule has 2 aliphatic rings. The van der Waals surface area contributed by atoms with Gasteiger partial charge in [-0.15, -0.1) is 0 Å². The highest BCUT2D eigenvalue weighted by molar-refractivity contribution is 5.17. The predicted octanol–water partition coefficient (Wildman–Crippen LogP) is 4.58. The molecule has 0 radical (unpaired) electrons. The first-order valence-corrected chi connectivity index (χ1v) is 6.43. The minimum Gasteiger partial charge on any atom is -0.0996 e. The molecule has 0 heterocycles. The first-order chi connectivity index (χ1) is 7.09. The van der Waals surface area contributed by atoms with E-state index in [0.29, 0.717) is 0 Å². The van der Waals surface area contributed by atoms with Crippen LogP contribution < -0.4 is 0 Å². The Bertz CT molecular complexity index is 282. The van der Waals surface area contributed by atoms with Gasteiger partial charge in [-0.2, -0.15) is 0 Å². The van der Waals surface area contributed by atoms with Crippen molar-refractivity contribution in [2.45, 2.75) is 46.5 Å². The molecule has 0 bridgehead atoms. The van der Waals surface area contributed by atoms with Crippen LogP contribution >= 0.6 is 0 Å². The van der Waals surface area contributed by atoms with Crippen molar-refractivity contribution in [2.24, 2.45) is 23.7 Å². The van der Waals surface area contributed by atoms with Gasteiger partial charge in [0.25, 0.3) is 0 Å². The average Bonchev–Trinajstić information content (AvgIpc) is 2.17. The maximum absolute atomic E-state index is 4.29. The summed E-state index contributed by atoms with van der Waals surface area (Å²) in [7, 11) is 0. The van der Waals surface area contributed by atoms with Gasteiger partial charge < -0.3 is 0 Å². The summed E-state index contributed by atoms with van der Waals surface area (Å²) in [6.45, 7) is 11.4. The van der Waals surface area contributed by atoms with Gasteiger partial charge in [0.15, 0.2) is 0 Å². The Hall–Kier alpha value is -0.520. The standard InChI is InChI=1S/C15H24/c1-10(2)13-8-6-12(4)14-7-5-11(3)9-15(13)14/h5,10,13-15H,4,6-9H2,1-3H3/t13-,14-,15+/m1/s1. The van der Waals surface area contributed by atoms with E-state index in [-0.39, 0.29) is 0 Å². The molecule has 0 saturated heterocycles. The Kier molecular flexibility index (Phi) is 3.04. The lowest BCUT2D eigenvalue weighted by Crippen LogP contribution is -2.34. The van der Waals surface area contributed by atoms with Gasteiger partial charge in [0.05, 0.1) is 0 Å². The summed E-state index contributed by atoms with van der Waals surface area (Å²) < 4.78 is 0. The second kappa shape index (κ2) is 4.15. The van der Waals surface area contributed by atoms with E-state index in [4.69, 9.17) is 0 Å². The Balaban J connectivity index is 2.20. The summed E-state index contributed by atoms with van der Waals surface area (Å²) in [4.78, 5) is 0. The van der Waals surface area contributed by atoms with Gasteiger partial charge in [0.2, 0.25) is 0 Å². The molecule has 1 saturated carbocycles. The van der Waals surface area contributed by atoms with Gasteiger partial charge in [0, 0.05) is 0 Å². The summed E-state index contributed by atoms with van der Waals surface area (Å²) in [5.74, 6) is 3.48. The summed E-state index contributed by atoms with van der Waals surface area (Å²) in [6.07, 6.45) is 7.68. The third-order valence-electron chi connectivity index (χ3n) is 4.52. The summed E-state index contributed by atoms with van der Waals surface area (Å²) in [5, 5.41) is 0. The largest absolute Gasteiger partial charge is 0.0996 e. The molecule has 0 aromatic carbocycles. The molecule has 0 aliphatic heterocycles. The topological polar surface area (TPSA) is 0 Å². The summed E-state index contributed by atoms with van der Waals surface area (Å²) in [6, 6.07) is 0. The lowest BCUT2D eigenvalue weighted by Gasteiger charge is -2.44. The maximum Gasteiger partial charge on any atom is -0.0137 e. The van der Waals surface area contributed by atoms with E-state index in [9.17, 15) is 0 Å². The summed E-state index contributed by atoms with van der Waals surface area (Å²) >= 11 is 0. The Labute approximate surface area is 94.5 Å². The van der Waals surface area contributed by atoms with E-state index in [1.165, 1.54) is 31.3 Å². The second-order valence-corrected chi connectivity index (χ2v) is 5.87. The number of rotatable bonds is 1. The van der Waals surface area contributed by atoms with Crippen molar-refractivity contribution < 1.29 is 0 Å². The SMILES string of the molecule is C=C1CC[C@H](C(C)C)[C@@H]2CC(C)=CC[C@H]12. The van der Waals surface area contributed by atoms with Gasteiger partial charge in [-0.1, -0.05) is 37.6 Å². The molecule has 0 amide bonds. The molecule has 0 unspecified atom stereocenters. The highest BCUT2D eigenvalue weighted by Gasteiger charge is 2.37. The Morgan fingerprint density at radius 3 is 2.80 bits per heavy atom. The normalized spacial score (nSPS) is 36.4. The first kappa shape index (κ1) is 11.0. The third-order valence-corrected chi connectivity index (χ3v) is 4.52.